The summed E-state index contributed by atoms with van der Waals surface area (Å²) in [4.78, 5) is 16.2. The summed E-state index contributed by atoms with van der Waals surface area (Å²) in [6.45, 7) is 2.64. The van der Waals surface area contributed by atoms with Crippen molar-refractivity contribution in [2.24, 2.45) is 0 Å². The predicted molar refractivity (Wildman–Crippen MR) is 99.4 cm³/mol. The van der Waals surface area contributed by atoms with E-state index in [4.69, 9.17) is 5.26 Å². The molecule has 0 saturated heterocycles. The van der Waals surface area contributed by atoms with Gasteiger partial charge in [-0.15, -0.1) is 10.2 Å². The monoisotopic (exact) mass is 364 g/mol. The summed E-state index contributed by atoms with van der Waals surface area (Å²) >= 11 is 1.33. The molecule has 1 N–H and O–H groups in total. The van der Waals surface area contributed by atoms with Crippen LogP contribution in [0.25, 0.3) is 11.4 Å². The van der Waals surface area contributed by atoms with Crippen LogP contribution in [0, 0.1) is 11.3 Å². The fourth-order valence-electron chi connectivity index (χ4n) is 2.34. The molecule has 0 unspecified atom stereocenters. The number of hydrogen-bond donors (Lipinski definition) is 1. The molecule has 0 saturated carbocycles. The molecule has 26 heavy (non-hydrogen) atoms. The van der Waals surface area contributed by atoms with Crippen molar-refractivity contribution in [3.05, 3.63) is 54.4 Å². The fourth-order valence-corrected chi connectivity index (χ4v) is 3.14. The van der Waals surface area contributed by atoms with Crippen LogP contribution in [0.5, 0.6) is 0 Å². The van der Waals surface area contributed by atoms with E-state index in [0.29, 0.717) is 23.2 Å². The lowest BCUT2D eigenvalue weighted by Gasteiger charge is -2.07. The highest BCUT2D eigenvalue weighted by Crippen LogP contribution is 2.23. The first-order valence-electron chi connectivity index (χ1n) is 7.98. The minimum absolute atomic E-state index is 0.103. The normalized spacial score (nSPS) is 10.3. The van der Waals surface area contributed by atoms with E-state index in [0.717, 1.165) is 11.3 Å². The van der Waals surface area contributed by atoms with Crippen LogP contribution in [0.1, 0.15) is 12.6 Å². The molecule has 0 aliphatic heterocycles. The topological polar surface area (TPSA) is 96.5 Å². The van der Waals surface area contributed by atoms with Crippen molar-refractivity contribution in [2.75, 3.05) is 11.1 Å². The first kappa shape index (κ1) is 17.6. The van der Waals surface area contributed by atoms with Gasteiger partial charge in [0.05, 0.1) is 5.75 Å². The van der Waals surface area contributed by atoms with Gasteiger partial charge in [-0.1, -0.05) is 30.0 Å². The summed E-state index contributed by atoms with van der Waals surface area (Å²) in [6, 6.07) is 14.7. The van der Waals surface area contributed by atoms with Crippen LogP contribution >= 0.6 is 11.8 Å². The number of thioether (sulfide) groups is 1. The van der Waals surface area contributed by atoms with Gasteiger partial charge in [0.15, 0.2) is 11.0 Å². The summed E-state index contributed by atoms with van der Waals surface area (Å²) < 4.78 is 1.92. The van der Waals surface area contributed by atoms with Crippen molar-refractivity contribution in [3.8, 4) is 17.5 Å². The van der Waals surface area contributed by atoms with E-state index in [9.17, 15) is 4.79 Å². The summed E-state index contributed by atoms with van der Waals surface area (Å²) in [5.41, 5.74) is 1.89. The molecule has 2 heterocycles. The molecule has 3 rings (SSSR count). The lowest BCUT2D eigenvalue weighted by molar-refractivity contribution is -0.113. The van der Waals surface area contributed by atoms with Gasteiger partial charge >= 0.3 is 0 Å². The number of carbonyl (C=O) groups excluding carboxylic acids is 1. The lowest BCUT2D eigenvalue weighted by atomic mass is 10.2. The smallest absolute Gasteiger partial charge is 0.234 e. The molecule has 8 heteroatoms. The molecule has 7 nitrogen and oxygen atoms in total. The molecule has 0 radical (unpaired) electrons. The molecule has 0 bridgehead atoms. The van der Waals surface area contributed by atoms with Crippen LogP contribution in [0.4, 0.5) is 5.69 Å². The Morgan fingerprint density at radius 1 is 1.23 bits per heavy atom. The molecule has 1 amide bonds. The van der Waals surface area contributed by atoms with Crippen LogP contribution in [-0.2, 0) is 11.3 Å². The van der Waals surface area contributed by atoms with Gasteiger partial charge in [0, 0.05) is 24.0 Å². The second-order valence-corrected chi connectivity index (χ2v) is 6.24. The first-order valence-corrected chi connectivity index (χ1v) is 8.97. The van der Waals surface area contributed by atoms with Crippen LogP contribution in [0.15, 0.2) is 53.8 Å². The van der Waals surface area contributed by atoms with Crippen LogP contribution in [0.2, 0.25) is 0 Å². The molecular formula is C18H16N6OS. The maximum Gasteiger partial charge on any atom is 0.234 e. The van der Waals surface area contributed by atoms with Gasteiger partial charge < -0.3 is 9.88 Å². The Bertz CT molecular complexity index is 931. The second kappa shape index (κ2) is 8.27. The number of carbonyl (C=O) groups is 1. The standard InChI is InChI=1S/C18H16N6OS/c1-2-24-17(13-8-9-15(10-19)20-11-13)22-23-18(24)26-12-16(25)21-14-6-4-3-5-7-14/h3-9,11H,2,12H2,1H3,(H,21,25). The summed E-state index contributed by atoms with van der Waals surface area (Å²) in [5, 5.41) is 20.8. The van der Waals surface area contributed by atoms with E-state index >= 15 is 0 Å². The number of nitriles is 1. The largest absolute Gasteiger partial charge is 0.325 e. The van der Waals surface area contributed by atoms with E-state index in [1.807, 2.05) is 47.9 Å². The number of anilines is 1. The maximum absolute atomic E-state index is 12.1. The molecule has 130 valence electrons. The van der Waals surface area contributed by atoms with Crippen LogP contribution < -0.4 is 5.32 Å². The molecule has 3 aromatic rings. The zero-order chi connectivity index (χ0) is 18.4. The number of para-hydroxylation sites is 1. The Labute approximate surface area is 155 Å². The highest BCUT2D eigenvalue weighted by Gasteiger charge is 2.15. The molecule has 2 aromatic heterocycles. The molecule has 0 aliphatic rings. The number of aromatic nitrogens is 4. The zero-order valence-corrected chi connectivity index (χ0v) is 14.9. The first-order chi connectivity index (χ1) is 12.7. The van der Waals surface area contributed by atoms with E-state index in [1.165, 1.54) is 11.8 Å². The minimum atomic E-state index is -0.103. The molecule has 0 atom stereocenters. The van der Waals surface area contributed by atoms with E-state index in [1.54, 1.807) is 18.3 Å². The van der Waals surface area contributed by atoms with Gasteiger partial charge in [-0.25, -0.2) is 4.98 Å². The van der Waals surface area contributed by atoms with Crippen molar-refractivity contribution in [3.63, 3.8) is 0 Å². The molecular weight excluding hydrogens is 348 g/mol. The molecule has 0 spiro atoms. The lowest BCUT2D eigenvalue weighted by Crippen LogP contribution is -2.14. The van der Waals surface area contributed by atoms with E-state index in [-0.39, 0.29) is 11.7 Å². The van der Waals surface area contributed by atoms with E-state index in [2.05, 4.69) is 20.5 Å². The highest BCUT2D eigenvalue weighted by atomic mass is 32.2. The number of benzene rings is 1. The second-order valence-electron chi connectivity index (χ2n) is 5.30. The Hall–Kier alpha value is -3.18. The Morgan fingerprint density at radius 2 is 2.04 bits per heavy atom. The van der Waals surface area contributed by atoms with Crippen molar-refractivity contribution in [1.82, 2.24) is 19.7 Å². The average Bonchev–Trinajstić information content (AvgIpc) is 3.10. The van der Waals surface area contributed by atoms with Crippen LogP contribution in [-0.4, -0.2) is 31.4 Å². The third-order valence-electron chi connectivity index (χ3n) is 3.56. The van der Waals surface area contributed by atoms with Crippen molar-refractivity contribution >= 4 is 23.4 Å². The zero-order valence-electron chi connectivity index (χ0n) is 14.1. The van der Waals surface area contributed by atoms with Crippen molar-refractivity contribution in [1.29, 1.82) is 5.26 Å². The molecule has 0 aliphatic carbocycles. The fraction of sp³-hybridized carbons (Fsp3) is 0.167. The maximum atomic E-state index is 12.1. The van der Waals surface area contributed by atoms with Crippen molar-refractivity contribution < 1.29 is 4.79 Å². The SMILES string of the molecule is CCn1c(SCC(=O)Nc2ccccc2)nnc1-c1ccc(C#N)nc1. The van der Waals surface area contributed by atoms with Gasteiger partial charge in [0.25, 0.3) is 0 Å². The third kappa shape index (κ3) is 4.07. The van der Waals surface area contributed by atoms with Gasteiger partial charge in [-0.3, -0.25) is 4.79 Å². The Morgan fingerprint density at radius 3 is 2.69 bits per heavy atom. The minimum Gasteiger partial charge on any atom is -0.325 e. The number of nitrogens with one attached hydrogen (secondary N) is 1. The number of amides is 1. The van der Waals surface area contributed by atoms with Gasteiger partial charge in [0.2, 0.25) is 5.91 Å². The summed E-state index contributed by atoms with van der Waals surface area (Å²) in [6.07, 6.45) is 1.60. The van der Waals surface area contributed by atoms with Gasteiger partial charge in [0.1, 0.15) is 11.8 Å². The number of pyridine rings is 1. The van der Waals surface area contributed by atoms with Gasteiger partial charge in [-0.2, -0.15) is 5.26 Å². The molecule has 1 aromatic carbocycles. The summed E-state index contributed by atoms with van der Waals surface area (Å²) in [7, 11) is 0. The molecule has 0 fully saturated rings. The number of rotatable bonds is 6. The average molecular weight is 364 g/mol. The van der Waals surface area contributed by atoms with E-state index < -0.39 is 0 Å². The Balaban J connectivity index is 1.70. The quantitative estimate of drug-likeness (QED) is 0.676. The number of hydrogen-bond acceptors (Lipinski definition) is 6. The van der Waals surface area contributed by atoms with Crippen LogP contribution in [0.3, 0.4) is 0 Å². The van der Waals surface area contributed by atoms with Crippen molar-refractivity contribution in [2.45, 2.75) is 18.6 Å². The predicted octanol–water partition coefficient (Wildman–Crippen LogP) is 2.96. The highest BCUT2D eigenvalue weighted by molar-refractivity contribution is 7.99. The summed E-state index contributed by atoms with van der Waals surface area (Å²) in [5.74, 6) is 0.794. The Kier molecular flexibility index (Phi) is 5.61. The van der Waals surface area contributed by atoms with Gasteiger partial charge in [-0.05, 0) is 31.2 Å². The third-order valence-corrected chi connectivity index (χ3v) is 4.53. The number of nitrogens with zero attached hydrogens (tertiary/aromatic N) is 5.